The maximum absolute atomic E-state index is 10.3. The Balaban J connectivity index is 1.58. The highest BCUT2D eigenvalue weighted by atomic mass is 79.9. The molecule has 3 nitrogen and oxygen atoms in total. The second-order valence-corrected chi connectivity index (χ2v) is 7.42. The minimum atomic E-state index is -0.222. The van der Waals surface area contributed by atoms with Crippen LogP contribution < -0.4 is 0 Å². The molecule has 2 aliphatic rings. The first-order valence-electron chi connectivity index (χ1n) is 8.02. The summed E-state index contributed by atoms with van der Waals surface area (Å²) in [7, 11) is 0. The number of aryl methyl sites for hydroxylation is 1. The number of aliphatic hydroxyl groups excluding tert-OH is 1. The van der Waals surface area contributed by atoms with Crippen molar-refractivity contribution in [3.8, 4) is 0 Å². The van der Waals surface area contributed by atoms with Crippen molar-refractivity contribution in [2.45, 2.75) is 38.8 Å². The van der Waals surface area contributed by atoms with Gasteiger partial charge in [0.2, 0.25) is 0 Å². The summed E-state index contributed by atoms with van der Waals surface area (Å²) < 4.78 is 1.18. The molecule has 4 heteroatoms. The number of hydrogen-bond donors (Lipinski definition) is 1. The molecule has 1 unspecified atom stereocenters. The molecule has 116 valence electrons. The van der Waals surface area contributed by atoms with E-state index in [0.29, 0.717) is 0 Å². The molecule has 1 atom stereocenters. The highest BCUT2D eigenvalue weighted by Gasteiger charge is 2.22. The zero-order valence-electron chi connectivity index (χ0n) is 12.8. The van der Waals surface area contributed by atoms with Crippen molar-refractivity contribution in [1.82, 2.24) is 9.80 Å². The molecular formula is C17H25BrN2O. The summed E-state index contributed by atoms with van der Waals surface area (Å²) >= 11 is 3.59. The SMILES string of the molecule is Cc1cc(Br)cc2c1CN(CC(O)CN1CCCC1)CC2. The lowest BCUT2D eigenvalue weighted by atomic mass is 9.95. The van der Waals surface area contributed by atoms with Crippen molar-refractivity contribution in [1.29, 1.82) is 0 Å². The number of fused-ring (bicyclic) bond motifs is 1. The number of aliphatic hydroxyl groups is 1. The highest BCUT2D eigenvalue weighted by molar-refractivity contribution is 9.10. The molecule has 0 bridgehead atoms. The van der Waals surface area contributed by atoms with E-state index in [9.17, 15) is 5.11 Å². The number of nitrogens with zero attached hydrogens (tertiary/aromatic N) is 2. The molecule has 3 rings (SSSR count). The monoisotopic (exact) mass is 352 g/mol. The smallest absolute Gasteiger partial charge is 0.0793 e. The lowest BCUT2D eigenvalue weighted by Crippen LogP contribution is -2.41. The molecule has 0 radical (unpaired) electrons. The van der Waals surface area contributed by atoms with E-state index < -0.39 is 0 Å². The lowest BCUT2D eigenvalue weighted by molar-refractivity contribution is 0.0762. The van der Waals surface area contributed by atoms with Crippen LogP contribution in [-0.2, 0) is 13.0 Å². The largest absolute Gasteiger partial charge is 0.390 e. The average Bonchev–Trinajstić information content (AvgIpc) is 2.92. The first kappa shape index (κ1) is 15.5. The van der Waals surface area contributed by atoms with Gasteiger partial charge in [0.1, 0.15) is 0 Å². The van der Waals surface area contributed by atoms with Gasteiger partial charge < -0.3 is 10.0 Å². The molecule has 1 N–H and O–H groups in total. The molecule has 0 aliphatic carbocycles. The second-order valence-electron chi connectivity index (χ2n) is 6.51. The normalized spacial score (nSPS) is 21.5. The van der Waals surface area contributed by atoms with Crippen molar-refractivity contribution in [3.05, 3.63) is 33.3 Å². The van der Waals surface area contributed by atoms with Gasteiger partial charge in [0.25, 0.3) is 0 Å². The number of likely N-dealkylation sites (tertiary alicyclic amines) is 1. The molecule has 2 aliphatic heterocycles. The van der Waals surface area contributed by atoms with E-state index in [-0.39, 0.29) is 6.10 Å². The molecule has 21 heavy (non-hydrogen) atoms. The van der Waals surface area contributed by atoms with Gasteiger partial charge in [-0.15, -0.1) is 0 Å². The van der Waals surface area contributed by atoms with E-state index >= 15 is 0 Å². The van der Waals surface area contributed by atoms with Crippen LogP contribution in [0.3, 0.4) is 0 Å². The van der Waals surface area contributed by atoms with E-state index in [2.05, 4.69) is 44.8 Å². The lowest BCUT2D eigenvalue weighted by Gasteiger charge is -2.32. The van der Waals surface area contributed by atoms with Crippen LogP contribution in [0.2, 0.25) is 0 Å². The molecule has 0 saturated carbocycles. The van der Waals surface area contributed by atoms with Crippen LogP contribution in [0.25, 0.3) is 0 Å². The summed E-state index contributed by atoms with van der Waals surface area (Å²) in [5.74, 6) is 0. The first-order valence-corrected chi connectivity index (χ1v) is 8.82. The summed E-state index contributed by atoms with van der Waals surface area (Å²) in [4.78, 5) is 4.80. The molecule has 1 fully saturated rings. The maximum atomic E-state index is 10.3. The Morgan fingerprint density at radius 3 is 2.62 bits per heavy atom. The predicted molar refractivity (Wildman–Crippen MR) is 89.5 cm³/mol. The Morgan fingerprint density at radius 2 is 1.86 bits per heavy atom. The minimum Gasteiger partial charge on any atom is -0.390 e. The van der Waals surface area contributed by atoms with Gasteiger partial charge in [-0.3, -0.25) is 4.90 Å². The Kier molecular flexibility index (Phi) is 4.99. The molecule has 0 spiro atoms. The standard InChI is InChI=1S/C17H25BrN2O/c1-13-8-15(18)9-14-4-7-20(12-17(13)14)11-16(21)10-19-5-2-3-6-19/h8-9,16,21H,2-7,10-12H2,1H3. The Labute approximate surface area is 136 Å². The van der Waals surface area contributed by atoms with Gasteiger partial charge in [0.05, 0.1) is 6.10 Å². The van der Waals surface area contributed by atoms with Crippen molar-refractivity contribution in [3.63, 3.8) is 0 Å². The molecule has 1 saturated heterocycles. The minimum absolute atomic E-state index is 0.222. The average molecular weight is 353 g/mol. The second kappa shape index (κ2) is 6.78. The molecule has 1 aromatic carbocycles. The Hall–Kier alpha value is -0.420. The predicted octanol–water partition coefficient (Wildman–Crippen LogP) is 2.57. The topological polar surface area (TPSA) is 26.7 Å². The molecule has 2 heterocycles. The van der Waals surface area contributed by atoms with Gasteiger partial charge in [-0.1, -0.05) is 15.9 Å². The molecule has 0 amide bonds. The van der Waals surface area contributed by atoms with Crippen LogP contribution in [0.1, 0.15) is 29.5 Å². The van der Waals surface area contributed by atoms with E-state index in [1.807, 2.05) is 0 Å². The van der Waals surface area contributed by atoms with Crippen molar-refractivity contribution in [2.75, 3.05) is 32.7 Å². The number of β-amino-alcohol motifs (C(OH)–C–C–N with tert-alkyl or cyclic N) is 1. The Morgan fingerprint density at radius 1 is 1.14 bits per heavy atom. The summed E-state index contributed by atoms with van der Waals surface area (Å²) in [6.45, 7) is 8.17. The van der Waals surface area contributed by atoms with E-state index in [1.54, 1.807) is 0 Å². The summed E-state index contributed by atoms with van der Waals surface area (Å²) in [6, 6.07) is 4.45. The van der Waals surface area contributed by atoms with Gasteiger partial charge in [-0.25, -0.2) is 0 Å². The van der Waals surface area contributed by atoms with Gasteiger partial charge in [0.15, 0.2) is 0 Å². The van der Waals surface area contributed by atoms with Crippen LogP contribution >= 0.6 is 15.9 Å². The fourth-order valence-corrected chi connectivity index (χ4v) is 4.27. The quantitative estimate of drug-likeness (QED) is 0.901. The number of rotatable bonds is 4. The first-order chi connectivity index (χ1) is 10.1. The molecular weight excluding hydrogens is 328 g/mol. The third-order valence-corrected chi connectivity index (χ3v) is 5.20. The molecule has 1 aromatic rings. The summed E-state index contributed by atoms with van der Waals surface area (Å²) in [5, 5.41) is 10.3. The van der Waals surface area contributed by atoms with Gasteiger partial charge in [-0.2, -0.15) is 0 Å². The Bertz CT molecular complexity index is 500. The van der Waals surface area contributed by atoms with Crippen LogP contribution in [0, 0.1) is 6.92 Å². The van der Waals surface area contributed by atoms with E-state index in [4.69, 9.17) is 0 Å². The zero-order chi connectivity index (χ0) is 14.8. The van der Waals surface area contributed by atoms with Crippen molar-refractivity contribution in [2.24, 2.45) is 0 Å². The highest BCUT2D eigenvalue weighted by Crippen LogP contribution is 2.26. The maximum Gasteiger partial charge on any atom is 0.0793 e. The fourth-order valence-electron chi connectivity index (χ4n) is 3.65. The van der Waals surface area contributed by atoms with Gasteiger partial charge >= 0.3 is 0 Å². The van der Waals surface area contributed by atoms with Crippen LogP contribution in [0.4, 0.5) is 0 Å². The van der Waals surface area contributed by atoms with Gasteiger partial charge in [-0.05, 0) is 68.1 Å². The van der Waals surface area contributed by atoms with Crippen LogP contribution in [0.5, 0.6) is 0 Å². The third-order valence-electron chi connectivity index (χ3n) is 4.75. The number of benzene rings is 1. The van der Waals surface area contributed by atoms with Crippen molar-refractivity contribution < 1.29 is 5.11 Å². The van der Waals surface area contributed by atoms with Crippen LogP contribution in [0.15, 0.2) is 16.6 Å². The fraction of sp³-hybridized carbons (Fsp3) is 0.647. The van der Waals surface area contributed by atoms with E-state index in [0.717, 1.165) is 45.7 Å². The van der Waals surface area contributed by atoms with Crippen LogP contribution in [-0.4, -0.2) is 53.7 Å². The summed E-state index contributed by atoms with van der Waals surface area (Å²) in [6.07, 6.45) is 3.45. The van der Waals surface area contributed by atoms with Crippen molar-refractivity contribution >= 4 is 15.9 Å². The number of hydrogen-bond acceptors (Lipinski definition) is 3. The third kappa shape index (κ3) is 3.86. The van der Waals surface area contributed by atoms with Gasteiger partial charge in [0, 0.05) is 30.7 Å². The molecule has 0 aromatic heterocycles. The zero-order valence-corrected chi connectivity index (χ0v) is 14.4. The number of halogens is 1. The summed E-state index contributed by atoms with van der Waals surface area (Å²) in [5.41, 5.74) is 4.28. The van der Waals surface area contributed by atoms with E-state index in [1.165, 1.54) is 34.0 Å².